The number of rotatable bonds is 3. The summed E-state index contributed by atoms with van der Waals surface area (Å²) in [4.78, 5) is 11.3. The molecule has 0 saturated carbocycles. The van der Waals surface area contributed by atoms with E-state index in [0.29, 0.717) is 11.4 Å². The number of amides is 1. The molecule has 0 unspecified atom stereocenters. The van der Waals surface area contributed by atoms with E-state index in [1.165, 1.54) is 0 Å². The van der Waals surface area contributed by atoms with Crippen molar-refractivity contribution < 1.29 is 9.53 Å². The average molecular weight is 270 g/mol. The summed E-state index contributed by atoms with van der Waals surface area (Å²) in [5, 5.41) is 0. The number of benzene rings is 2. The van der Waals surface area contributed by atoms with Crippen molar-refractivity contribution in [2.24, 2.45) is 5.73 Å². The zero-order valence-corrected chi connectivity index (χ0v) is 11.9. The molecule has 2 rings (SSSR count). The number of nitrogens with two attached hydrogens (primary N) is 2. The van der Waals surface area contributed by atoms with Crippen LogP contribution in [0.2, 0.25) is 0 Å². The normalized spacial score (nSPS) is 10.3. The maximum Gasteiger partial charge on any atom is 0.250 e. The molecule has 0 radical (unpaired) electrons. The Morgan fingerprint density at radius 1 is 1.05 bits per heavy atom. The van der Waals surface area contributed by atoms with Gasteiger partial charge in [0.2, 0.25) is 0 Å². The summed E-state index contributed by atoms with van der Waals surface area (Å²) in [6, 6.07) is 8.97. The van der Waals surface area contributed by atoms with E-state index in [2.05, 4.69) is 6.07 Å². The molecule has 2 aromatic carbocycles. The molecule has 4 heteroatoms. The first kappa shape index (κ1) is 13.9. The van der Waals surface area contributed by atoms with E-state index < -0.39 is 5.91 Å². The largest absolute Gasteiger partial charge is 0.457 e. The number of anilines is 1. The van der Waals surface area contributed by atoms with Gasteiger partial charge < -0.3 is 16.2 Å². The molecule has 0 saturated heterocycles. The number of carbonyl (C=O) groups excluding carboxylic acids is 1. The Morgan fingerprint density at radius 3 is 2.35 bits per heavy atom. The highest BCUT2D eigenvalue weighted by Gasteiger charge is 2.11. The minimum absolute atomic E-state index is 0.269. The van der Waals surface area contributed by atoms with Crippen molar-refractivity contribution in [1.29, 1.82) is 0 Å². The topological polar surface area (TPSA) is 78.3 Å². The highest BCUT2D eigenvalue weighted by atomic mass is 16.5. The summed E-state index contributed by atoms with van der Waals surface area (Å²) in [5.41, 5.74) is 14.9. The quantitative estimate of drug-likeness (QED) is 0.841. The van der Waals surface area contributed by atoms with Crippen LogP contribution in [0.4, 0.5) is 5.69 Å². The summed E-state index contributed by atoms with van der Waals surface area (Å²) in [6.07, 6.45) is 0. The van der Waals surface area contributed by atoms with Crippen LogP contribution < -0.4 is 16.2 Å². The Bertz CT molecular complexity index is 678. The highest BCUT2D eigenvalue weighted by molar-refractivity contribution is 5.98. The van der Waals surface area contributed by atoms with Crippen molar-refractivity contribution >= 4 is 11.6 Å². The molecular weight excluding hydrogens is 252 g/mol. The van der Waals surface area contributed by atoms with Crippen LogP contribution in [0.1, 0.15) is 27.0 Å². The van der Waals surface area contributed by atoms with Crippen LogP contribution in [0.5, 0.6) is 11.5 Å². The van der Waals surface area contributed by atoms with E-state index >= 15 is 0 Å². The lowest BCUT2D eigenvalue weighted by Crippen LogP contribution is -2.13. The van der Waals surface area contributed by atoms with E-state index in [4.69, 9.17) is 16.2 Å². The van der Waals surface area contributed by atoms with Crippen molar-refractivity contribution in [1.82, 2.24) is 0 Å². The van der Waals surface area contributed by atoms with Crippen molar-refractivity contribution in [3.63, 3.8) is 0 Å². The number of nitrogen functional groups attached to an aromatic ring is 1. The van der Waals surface area contributed by atoms with Crippen LogP contribution in [0.3, 0.4) is 0 Å². The van der Waals surface area contributed by atoms with Gasteiger partial charge in [-0.25, -0.2) is 0 Å². The van der Waals surface area contributed by atoms with Crippen LogP contribution in [0.15, 0.2) is 30.3 Å². The fourth-order valence-corrected chi connectivity index (χ4v) is 2.01. The average Bonchev–Trinajstić information content (AvgIpc) is 2.40. The van der Waals surface area contributed by atoms with Gasteiger partial charge in [-0.05, 0) is 55.7 Å². The fourth-order valence-electron chi connectivity index (χ4n) is 2.01. The van der Waals surface area contributed by atoms with Gasteiger partial charge in [0.1, 0.15) is 11.5 Å². The summed E-state index contributed by atoms with van der Waals surface area (Å²) in [6.45, 7) is 6.01. The van der Waals surface area contributed by atoms with E-state index in [1.54, 1.807) is 18.2 Å². The van der Waals surface area contributed by atoms with E-state index in [1.807, 2.05) is 26.8 Å². The Morgan fingerprint density at radius 2 is 1.70 bits per heavy atom. The van der Waals surface area contributed by atoms with Crippen LogP contribution in [0, 0.1) is 20.8 Å². The molecule has 2 aromatic rings. The van der Waals surface area contributed by atoms with E-state index in [-0.39, 0.29) is 5.56 Å². The molecule has 0 bridgehead atoms. The Labute approximate surface area is 118 Å². The van der Waals surface area contributed by atoms with Crippen molar-refractivity contribution in [2.45, 2.75) is 20.8 Å². The molecule has 0 aliphatic carbocycles. The van der Waals surface area contributed by atoms with Crippen molar-refractivity contribution in [3.8, 4) is 11.5 Å². The monoisotopic (exact) mass is 270 g/mol. The molecule has 4 nitrogen and oxygen atoms in total. The fraction of sp³-hybridized carbons (Fsp3) is 0.188. The van der Waals surface area contributed by atoms with Gasteiger partial charge in [0, 0.05) is 5.69 Å². The lowest BCUT2D eigenvalue weighted by Gasteiger charge is -2.14. The van der Waals surface area contributed by atoms with Gasteiger partial charge >= 0.3 is 0 Å². The van der Waals surface area contributed by atoms with Crippen molar-refractivity contribution in [2.75, 3.05) is 5.73 Å². The number of aryl methyl sites for hydroxylation is 2. The molecular formula is C16H18N2O2. The maximum absolute atomic E-state index is 11.3. The first-order valence-corrected chi connectivity index (χ1v) is 6.34. The molecule has 20 heavy (non-hydrogen) atoms. The number of hydrogen-bond acceptors (Lipinski definition) is 3. The molecule has 4 N–H and O–H groups in total. The van der Waals surface area contributed by atoms with Gasteiger partial charge in [0.15, 0.2) is 0 Å². The molecule has 0 atom stereocenters. The molecule has 104 valence electrons. The number of ether oxygens (including phenoxy) is 1. The lowest BCUT2D eigenvalue weighted by atomic mass is 10.1. The summed E-state index contributed by atoms with van der Waals surface area (Å²) in [5.74, 6) is 0.778. The number of carbonyl (C=O) groups is 1. The SMILES string of the molecule is Cc1ccc(C)c(Oc2ccc(N)c(C(N)=O)c2)c1C. The second-order valence-corrected chi connectivity index (χ2v) is 4.87. The highest BCUT2D eigenvalue weighted by Crippen LogP contribution is 2.31. The molecule has 0 aromatic heterocycles. The molecule has 0 aliphatic heterocycles. The Hall–Kier alpha value is -2.49. The molecule has 1 amide bonds. The third kappa shape index (κ3) is 2.59. The second kappa shape index (κ2) is 5.25. The van der Waals surface area contributed by atoms with E-state index in [9.17, 15) is 4.79 Å². The van der Waals surface area contributed by atoms with Gasteiger partial charge in [-0.1, -0.05) is 12.1 Å². The summed E-state index contributed by atoms with van der Waals surface area (Å²) in [7, 11) is 0. The van der Waals surface area contributed by atoms with Crippen molar-refractivity contribution in [3.05, 3.63) is 52.6 Å². The second-order valence-electron chi connectivity index (χ2n) is 4.87. The van der Waals surface area contributed by atoms with Crippen LogP contribution >= 0.6 is 0 Å². The molecule has 0 spiro atoms. The summed E-state index contributed by atoms with van der Waals surface area (Å²) >= 11 is 0. The first-order chi connectivity index (χ1) is 9.40. The van der Waals surface area contributed by atoms with Crippen LogP contribution in [-0.2, 0) is 0 Å². The first-order valence-electron chi connectivity index (χ1n) is 6.34. The minimum atomic E-state index is -0.564. The third-order valence-electron chi connectivity index (χ3n) is 3.38. The summed E-state index contributed by atoms with van der Waals surface area (Å²) < 4.78 is 5.90. The predicted octanol–water partition coefficient (Wildman–Crippen LogP) is 3.09. The standard InChI is InChI=1S/C16H18N2O2/c1-9-4-5-10(2)15(11(9)3)20-12-6-7-14(17)13(8-12)16(18)19/h4-8H,17H2,1-3H3,(H2,18,19). The van der Waals surface area contributed by atoms with Crippen LogP contribution in [-0.4, -0.2) is 5.91 Å². The predicted molar refractivity (Wildman–Crippen MR) is 80.1 cm³/mol. The molecule has 0 fully saturated rings. The zero-order chi connectivity index (χ0) is 14.9. The third-order valence-corrected chi connectivity index (χ3v) is 3.38. The van der Waals surface area contributed by atoms with Gasteiger partial charge in [-0.2, -0.15) is 0 Å². The van der Waals surface area contributed by atoms with Gasteiger partial charge in [0.25, 0.3) is 5.91 Å². The number of hydrogen-bond donors (Lipinski definition) is 2. The lowest BCUT2D eigenvalue weighted by molar-refractivity contribution is 0.100. The Balaban J connectivity index is 2.43. The maximum atomic E-state index is 11.3. The molecule has 0 aliphatic rings. The van der Waals surface area contributed by atoms with Gasteiger partial charge in [-0.15, -0.1) is 0 Å². The number of primary amides is 1. The van der Waals surface area contributed by atoms with Gasteiger partial charge in [-0.3, -0.25) is 4.79 Å². The zero-order valence-electron chi connectivity index (χ0n) is 11.9. The smallest absolute Gasteiger partial charge is 0.250 e. The van der Waals surface area contributed by atoms with Gasteiger partial charge in [0.05, 0.1) is 5.56 Å². The van der Waals surface area contributed by atoms with Crippen LogP contribution in [0.25, 0.3) is 0 Å². The Kier molecular flexibility index (Phi) is 3.66. The van der Waals surface area contributed by atoms with E-state index in [0.717, 1.165) is 22.4 Å². The minimum Gasteiger partial charge on any atom is -0.457 e. The molecule has 0 heterocycles.